The summed E-state index contributed by atoms with van der Waals surface area (Å²) in [6.07, 6.45) is 3.79. The lowest BCUT2D eigenvalue weighted by molar-refractivity contribution is 0.585. The molecule has 0 unspecified atom stereocenters. The lowest BCUT2D eigenvalue weighted by Gasteiger charge is -2.07. The molecule has 116 valence electrons. The second-order valence-corrected chi connectivity index (χ2v) is 5.86. The van der Waals surface area contributed by atoms with Crippen molar-refractivity contribution in [3.8, 4) is 11.1 Å². The first-order chi connectivity index (χ1) is 11.1. The Labute approximate surface area is 139 Å². The van der Waals surface area contributed by atoms with E-state index >= 15 is 0 Å². The zero-order chi connectivity index (χ0) is 16.4. The number of allylic oxidation sites excluding steroid dienone is 1. The molecule has 23 heavy (non-hydrogen) atoms. The van der Waals surface area contributed by atoms with Crippen molar-refractivity contribution < 1.29 is 8.78 Å². The van der Waals surface area contributed by atoms with Gasteiger partial charge in [-0.1, -0.05) is 48.0 Å². The minimum atomic E-state index is -0.749. The standard InChI is InChI=1S/C20H15ClF2/c1-2-3-4-13-5-6-15-10-16(8-7-14(15)9-13)17-11-18(22)20(21)19(23)12-17/h2,5-12H,1,3-4H2. The highest BCUT2D eigenvalue weighted by Crippen LogP contribution is 2.29. The molecular formula is C20H15ClF2. The molecule has 0 N–H and O–H groups in total. The van der Waals surface area contributed by atoms with Crippen LogP contribution < -0.4 is 0 Å². The molecule has 0 atom stereocenters. The Morgan fingerprint density at radius 3 is 2.22 bits per heavy atom. The molecule has 3 rings (SSSR count). The van der Waals surface area contributed by atoms with Crippen LogP contribution in [0.1, 0.15) is 12.0 Å². The van der Waals surface area contributed by atoms with Gasteiger partial charge < -0.3 is 0 Å². The predicted molar refractivity (Wildman–Crippen MR) is 92.8 cm³/mol. The van der Waals surface area contributed by atoms with Gasteiger partial charge in [-0.15, -0.1) is 6.58 Å². The maximum atomic E-state index is 13.6. The fraction of sp³-hybridized carbons (Fsp3) is 0.100. The number of hydrogen-bond donors (Lipinski definition) is 0. The minimum absolute atomic E-state index is 0.471. The summed E-state index contributed by atoms with van der Waals surface area (Å²) in [4.78, 5) is 0. The van der Waals surface area contributed by atoms with E-state index in [9.17, 15) is 8.78 Å². The molecule has 0 fully saturated rings. The van der Waals surface area contributed by atoms with E-state index in [2.05, 4.69) is 18.7 Å². The third kappa shape index (κ3) is 3.27. The normalized spacial score (nSPS) is 10.9. The van der Waals surface area contributed by atoms with Crippen LogP contribution >= 0.6 is 11.6 Å². The topological polar surface area (TPSA) is 0 Å². The molecule has 3 aromatic carbocycles. The second kappa shape index (κ2) is 6.51. The molecule has 0 bridgehead atoms. The molecule has 0 saturated heterocycles. The molecule has 0 amide bonds. The van der Waals surface area contributed by atoms with Crippen LogP contribution in [0.2, 0.25) is 5.02 Å². The highest BCUT2D eigenvalue weighted by atomic mass is 35.5. The van der Waals surface area contributed by atoms with Gasteiger partial charge in [-0.25, -0.2) is 8.78 Å². The number of halogens is 3. The first-order valence-corrected chi connectivity index (χ1v) is 7.75. The summed E-state index contributed by atoms with van der Waals surface area (Å²) in [5.41, 5.74) is 2.47. The van der Waals surface area contributed by atoms with E-state index in [4.69, 9.17) is 11.6 Å². The second-order valence-electron chi connectivity index (χ2n) is 5.48. The Balaban J connectivity index is 2.02. The molecule has 0 aliphatic heterocycles. The summed E-state index contributed by atoms with van der Waals surface area (Å²) in [5.74, 6) is -1.50. The Kier molecular flexibility index (Phi) is 4.44. The van der Waals surface area contributed by atoms with E-state index < -0.39 is 16.7 Å². The van der Waals surface area contributed by atoms with E-state index in [0.717, 1.165) is 29.2 Å². The van der Waals surface area contributed by atoms with Crippen molar-refractivity contribution in [2.75, 3.05) is 0 Å². The van der Waals surface area contributed by atoms with Crippen LogP contribution in [0.3, 0.4) is 0 Å². The van der Waals surface area contributed by atoms with Gasteiger partial charge in [-0.3, -0.25) is 0 Å². The van der Waals surface area contributed by atoms with Crippen LogP contribution in [-0.2, 0) is 6.42 Å². The van der Waals surface area contributed by atoms with E-state index in [1.165, 1.54) is 17.7 Å². The van der Waals surface area contributed by atoms with Crippen LogP contribution in [0.25, 0.3) is 21.9 Å². The SMILES string of the molecule is C=CCCc1ccc2cc(-c3cc(F)c(Cl)c(F)c3)ccc2c1. The first kappa shape index (κ1) is 15.7. The average molecular weight is 329 g/mol. The van der Waals surface area contributed by atoms with Crippen molar-refractivity contribution in [3.63, 3.8) is 0 Å². The molecular weight excluding hydrogens is 314 g/mol. The highest BCUT2D eigenvalue weighted by Gasteiger charge is 2.10. The molecule has 0 aliphatic carbocycles. The molecule has 0 aliphatic rings. The smallest absolute Gasteiger partial charge is 0.145 e. The largest absolute Gasteiger partial charge is 0.205 e. The summed E-state index contributed by atoms with van der Waals surface area (Å²) < 4.78 is 27.3. The van der Waals surface area contributed by atoms with Crippen LogP contribution in [0.15, 0.2) is 61.2 Å². The molecule has 3 aromatic rings. The van der Waals surface area contributed by atoms with E-state index in [0.29, 0.717) is 5.56 Å². The molecule has 3 heteroatoms. The predicted octanol–water partition coefficient (Wildman–Crippen LogP) is 6.56. The summed E-state index contributed by atoms with van der Waals surface area (Å²) in [5, 5.41) is 1.66. The van der Waals surface area contributed by atoms with E-state index in [1.807, 2.05) is 30.3 Å². The van der Waals surface area contributed by atoms with Crippen LogP contribution in [-0.4, -0.2) is 0 Å². The zero-order valence-electron chi connectivity index (χ0n) is 12.5. The van der Waals surface area contributed by atoms with Crippen molar-refractivity contribution >= 4 is 22.4 Å². The fourth-order valence-electron chi connectivity index (χ4n) is 2.62. The number of hydrogen-bond acceptors (Lipinski definition) is 0. The Hall–Kier alpha value is -2.19. The Bertz CT molecular complexity index is 861. The number of rotatable bonds is 4. The summed E-state index contributed by atoms with van der Waals surface area (Å²) in [6.45, 7) is 3.73. The van der Waals surface area contributed by atoms with Gasteiger partial charge in [0.25, 0.3) is 0 Å². The fourth-order valence-corrected chi connectivity index (χ4v) is 2.73. The van der Waals surface area contributed by atoms with Crippen molar-refractivity contribution in [1.82, 2.24) is 0 Å². The number of fused-ring (bicyclic) bond motifs is 1. The first-order valence-electron chi connectivity index (χ1n) is 7.37. The van der Waals surface area contributed by atoms with Gasteiger partial charge in [-0.05, 0) is 58.5 Å². The van der Waals surface area contributed by atoms with Crippen LogP contribution in [0, 0.1) is 11.6 Å². The van der Waals surface area contributed by atoms with Crippen molar-refractivity contribution in [2.24, 2.45) is 0 Å². The molecule has 0 aromatic heterocycles. The number of benzene rings is 3. The van der Waals surface area contributed by atoms with E-state index in [1.54, 1.807) is 0 Å². The molecule has 0 heterocycles. The Morgan fingerprint density at radius 2 is 1.52 bits per heavy atom. The van der Waals surface area contributed by atoms with Crippen molar-refractivity contribution in [3.05, 3.63) is 83.4 Å². The minimum Gasteiger partial charge on any atom is -0.205 e. The summed E-state index contributed by atoms with van der Waals surface area (Å²) >= 11 is 5.53. The maximum Gasteiger partial charge on any atom is 0.145 e. The molecule has 0 spiro atoms. The highest BCUT2D eigenvalue weighted by molar-refractivity contribution is 6.31. The quantitative estimate of drug-likeness (QED) is 0.376. The van der Waals surface area contributed by atoms with Crippen LogP contribution in [0.5, 0.6) is 0 Å². The van der Waals surface area contributed by atoms with Crippen molar-refractivity contribution in [2.45, 2.75) is 12.8 Å². The summed E-state index contributed by atoms with van der Waals surface area (Å²) in [7, 11) is 0. The monoisotopic (exact) mass is 328 g/mol. The van der Waals surface area contributed by atoms with Gasteiger partial charge in [0, 0.05) is 0 Å². The summed E-state index contributed by atoms with van der Waals surface area (Å²) in [6, 6.07) is 14.5. The van der Waals surface area contributed by atoms with Gasteiger partial charge in [0.15, 0.2) is 0 Å². The third-order valence-corrected chi connectivity index (χ3v) is 4.22. The maximum absolute atomic E-state index is 13.6. The van der Waals surface area contributed by atoms with Crippen molar-refractivity contribution in [1.29, 1.82) is 0 Å². The Morgan fingerprint density at radius 1 is 0.870 bits per heavy atom. The van der Waals surface area contributed by atoms with Gasteiger partial charge >= 0.3 is 0 Å². The van der Waals surface area contributed by atoms with E-state index in [-0.39, 0.29) is 0 Å². The average Bonchev–Trinajstić information content (AvgIpc) is 2.56. The van der Waals surface area contributed by atoms with Crippen LogP contribution in [0.4, 0.5) is 8.78 Å². The van der Waals surface area contributed by atoms with Gasteiger partial charge in [0.05, 0.1) is 0 Å². The van der Waals surface area contributed by atoms with Gasteiger partial charge in [-0.2, -0.15) is 0 Å². The third-order valence-electron chi connectivity index (χ3n) is 3.86. The number of aryl methyl sites for hydroxylation is 1. The van der Waals surface area contributed by atoms with Gasteiger partial charge in [0.2, 0.25) is 0 Å². The van der Waals surface area contributed by atoms with Gasteiger partial charge in [0.1, 0.15) is 16.7 Å². The molecule has 0 nitrogen and oxygen atoms in total. The molecule has 0 saturated carbocycles. The lowest BCUT2D eigenvalue weighted by Crippen LogP contribution is -1.88. The zero-order valence-corrected chi connectivity index (χ0v) is 13.2. The lowest BCUT2D eigenvalue weighted by atomic mass is 9.98. The molecule has 0 radical (unpaired) electrons.